The van der Waals surface area contributed by atoms with Crippen molar-refractivity contribution in [3.63, 3.8) is 0 Å². The lowest BCUT2D eigenvalue weighted by atomic mass is 9.85. The van der Waals surface area contributed by atoms with E-state index in [1.807, 2.05) is 0 Å². The van der Waals surface area contributed by atoms with Gasteiger partial charge < -0.3 is 14.9 Å². The summed E-state index contributed by atoms with van der Waals surface area (Å²) in [6, 6.07) is 0. The van der Waals surface area contributed by atoms with Crippen molar-refractivity contribution in [1.82, 2.24) is 5.32 Å². The molecule has 0 heterocycles. The van der Waals surface area contributed by atoms with E-state index in [9.17, 15) is 5.11 Å². The predicted octanol–water partition coefficient (Wildman–Crippen LogP) is 3.99. The molecule has 0 spiro atoms. The zero-order valence-corrected chi connectivity index (χ0v) is 15.8. The second-order valence-corrected chi connectivity index (χ2v) is 7.48. The van der Waals surface area contributed by atoms with Crippen LogP contribution in [0.3, 0.4) is 0 Å². The Bertz CT molecular complexity index is 268. The summed E-state index contributed by atoms with van der Waals surface area (Å²) in [6.07, 6.45) is 17.0. The highest BCUT2D eigenvalue weighted by molar-refractivity contribution is 4.65. The first-order chi connectivity index (χ1) is 11.7. The minimum atomic E-state index is -0.555. The van der Waals surface area contributed by atoms with E-state index < -0.39 is 6.10 Å². The summed E-state index contributed by atoms with van der Waals surface area (Å²) in [4.78, 5) is 0. The molecule has 1 fully saturated rings. The number of nitrogens with one attached hydrogen (secondary N) is 1. The first-order valence-corrected chi connectivity index (χ1v) is 10.4. The normalized spacial score (nSPS) is 18.6. The minimum Gasteiger partial charge on any atom is -0.395 e. The fourth-order valence-corrected chi connectivity index (χ4v) is 3.68. The number of rotatable bonds is 15. The molecule has 0 radical (unpaired) electrons. The molecule has 24 heavy (non-hydrogen) atoms. The van der Waals surface area contributed by atoms with E-state index >= 15 is 0 Å². The SMILES string of the molecule is CC(O)C(NCCO)OCCCCCCCCCC1CCCCC1. The van der Waals surface area contributed by atoms with Gasteiger partial charge in [-0.2, -0.15) is 0 Å². The van der Waals surface area contributed by atoms with Gasteiger partial charge in [-0.3, -0.25) is 5.32 Å². The van der Waals surface area contributed by atoms with Crippen molar-refractivity contribution >= 4 is 0 Å². The minimum absolute atomic E-state index is 0.0628. The Balaban J connectivity index is 1.84. The van der Waals surface area contributed by atoms with Gasteiger partial charge in [-0.1, -0.05) is 77.0 Å². The Kier molecular flexibility index (Phi) is 13.8. The van der Waals surface area contributed by atoms with Crippen LogP contribution in [0.15, 0.2) is 0 Å². The zero-order chi connectivity index (χ0) is 17.5. The van der Waals surface area contributed by atoms with Crippen LogP contribution in [0.25, 0.3) is 0 Å². The first-order valence-electron chi connectivity index (χ1n) is 10.4. The highest BCUT2D eigenvalue weighted by atomic mass is 16.5. The van der Waals surface area contributed by atoms with Gasteiger partial charge in [0.15, 0.2) is 0 Å². The van der Waals surface area contributed by atoms with E-state index in [1.54, 1.807) is 6.92 Å². The molecule has 0 aromatic heterocycles. The Labute approximate surface area is 149 Å². The van der Waals surface area contributed by atoms with Crippen molar-refractivity contribution in [2.75, 3.05) is 19.8 Å². The van der Waals surface area contributed by atoms with Gasteiger partial charge in [0.05, 0.1) is 12.7 Å². The summed E-state index contributed by atoms with van der Waals surface area (Å²) in [7, 11) is 0. The third-order valence-electron chi connectivity index (χ3n) is 5.17. The summed E-state index contributed by atoms with van der Waals surface area (Å²) < 4.78 is 5.65. The summed E-state index contributed by atoms with van der Waals surface area (Å²) in [5.41, 5.74) is 0. The summed E-state index contributed by atoms with van der Waals surface area (Å²) >= 11 is 0. The molecule has 1 saturated carbocycles. The lowest BCUT2D eigenvalue weighted by Gasteiger charge is -2.21. The highest BCUT2D eigenvalue weighted by Gasteiger charge is 2.14. The molecule has 1 aliphatic rings. The molecule has 0 amide bonds. The maximum absolute atomic E-state index is 9.59. The van der Waals surface area contributed by atoms with E-state index in [1.165, 1.54) is 77.0 Å². The van der Waals surface area contributed by atoms with Crippen LogP contribution < -0.4 is 5.32 Å². The van der Waals surface area contributed by atoms with Crippen LogP contribution in [0.2, 0.25) is 0 Å². The molecule has 2 atom stereocenters. The van der Waals surface area contributed by atoms with Gasteiger partial charge >= 0.3 is 0 Å². The maximum atomic E-state index is 9.59. The van der Waals surface area contributed by atoms with Crippen LogP contribution in [-0.4, -0.2) is 42.3 Å². The molecule has 0 bridgehead atoms. The fraction of sp³-hybridized carbons (Fsp3) is 1.00. The zero-order valence-electron chi connectivity index (χ0n) is 15.8. The van der Waals surface area contributed by atoms with E-state index in [4.69, 9.17) is 9.84 Å². The predicted molar refractivity (Wildman–Crippen MR) is 100 cm³/mol. The standard InChI is InChI=1S/C20H41NO3/c1-18(23)20(21-15-16-22)24-17-11-6-4-2-3-5-8-12-19-13-9-7-10-14-19/h18-23H,2-17H2,1H3. The Morgan fingerprint density at radius 1 is 0.958 bits per heavy atom. The molecule has 0 saturated heterocycles. The van der Waals surface area contributed by atoms with E-state index in [0.29, 0.717) is 13.2 Å². The molecular formula is C20H41NO3. The number of hydrogen-bond donors (Lipinski definition) is 3. The molecule has 4 nitrogen and oxygen atoms in total. The summed E-state index contributed by atoms with van der Waals surface area (Å²) in [5, 5.41) is 21.4. The van der Waals surface area contributed by atoms with Gasteiger partial charge in [-0.15, -0.1) is 0 Å². The number of aliphatic hydroxyl groups excluding tert-OH is 2. The average molecular weight is 344 g/mol. The van der Waals surface area contributed by atoms with E-state index in [0.717, 1.165) is 12.3 Å². The molecule has 4 heteroatoms. The molecule has 2 unspecified atom stereocenters. The topological polar surface area (TPSA) is 61.7 Å². The van der Waals surface area contributed by atoms with Gasteiger partial charge in [-0.05, 0) is 19.3 Å². The lowest BCUT2D eigenvalue weighted by Crippen LogP contribution is -2.42. The van der Waals surface area contributed by atoms with Crippen LogP contribution in [0.5, 0.6) is 0 Å². The van der Waals surface area contributed by atoms with Crippen LogP contribution in [0.4, 0.5) is 0 Å². The largest absolute Gasteiger partial charge is 0.395 e. The third kappa shape index (κ3) is 11.4. The monoisotopic (exact) mass is 343 g/mol. The van der Waals surface area contributed by atoms with Gasteiger partial charge in [0.1, 0.15) is 6.23 Å². The second-order valence-electron chi connectivity index (χ2n) is 7.48. The molecule has 1 rings (SSSR count). The van der Waals surface area contributed by atoms with Crippen LogP contribution >= 0.6 is 0 Å². The van der Waals surface area contributed by atoms with Crippen LogP contribution in [0.1, 0.15) is 90.4 Å². The average Bonchev–Trinajstić information content (AvgIpc) is 2.59. The number of hydrogen-bond acceptors (Lipinski definition) is 4. The number of unbranched alkanes of at least 4 members (excludes halogenated alkanes) is 6. The quantitative estimate of drug-likeness (QED) is 0.311. The Hall–Kier alpha value is -0.160. The second kappa shape index (κ2) is 15.1. The van der Waals surface area contributed by atoms with Gasteiger partial charge in [0.25, 0.3) is 0 Å². The van der Waals surface area contributed by atoms with Gasteiger partial charge in [0.2, 0.25) is 0 Å². The van der Waals surface area contributed by atoms with Crippen LogP contribution in [0, 0.1) is 5.92 Å². The maximum Gasteiger partial charge on any atom is 0.134 e. The molecule has 144 valence electrons. The van der Waals surface area contributed by atoms with Gasteiger partial charge in [-0.25, -0.2) is 0 Å². The fourth-order valence-electron chi connectivity index (χ4n) is 3.68. The van der Waals surface area contributed by atoms with Crippen molar-refractivity contribution in [2.45, 2.75) is 103 Å². The lowest BCUT2D eigenvalue weighted by molar-refractivity contribution is -0.0507. The Morgan fingerprint density at radius 3 is 2.21 bits per heavy atom. The van der Waals surface area contributed by atoms with E-state index in [2.05, 4.69) is 5.32 Å². The Morgan fingerprint density at radius 2 is 1.58 bits per heavy atom. The van der Waals surface area contributed by atoms with Crippen molar-refractivity contribution in [3.8, 4) is 0 Å². The van der Waals surface area contributed by atoms with Crippen LogP contribution in [-0.2, 0) is 4.74 Å². The number of aliphatic hydroxyl groups is 2. The van der Waals surface area contributed by atoms with Crippen molar-refractivity contribution in [2.24, 2.45) is 5.92 Å². The first kappa shape index (κ1) is 21.9. The molecule has 3 N–H and O–H groups in total. The summed E-state index contributed by atoms with van der Waals surface area (Å²) in [6.45, 7) is 2.90. The van der Waals surface area contributed by atoms with Crippen molar-refractivity contribution in [3.05, 3.63) is 0 Å². The number of ether oxygens (including phenoxy) is 1. The molecular weight excluding hydrogens is 302 g/mol. The highest BCUT2D eigenvalue weighted by Crippen LogP contribution is 2.28. The van der Waals surface area contributed by atoms with Gasteiger partial charge in [0, 0.05) is 13.2 Å². The smallest absolute Gasteiger partial charge is 0.134 e. The van der Waals surface area contributed by atoms with Crippen molar-refractivity contribution in [1.29, 1.82) is 0 Å². The molecule has 1 aliphatic carbocycles. The molecule has 0 aromatic rings. The third-order valence-corrected chi connectivity index (χ3v) is 5.17. The van der Waals surface area contributed by atoms with E-state index in [-0.39, 0.29) is 12.8 Å². The molecule has 0 aromatic carbocycles. The molecule has 0 aliphatic heterocycles. The van der Waals surface area contributed by atoms with Crippen molar-refractivity contribution < 1.29 is 14.9 Å². The summed E-state index contributed by atoms with van der Waals surface area (Å²) in [5.74, 6) is 1.04.